The Kier molecular flexibility index (Phi) is 4.62. The van der Waals surface area contributed by atoms with Crippen molar-refractivity contribution in [3.8, 4) is 5.75 Å². The summed E-state index contributed by atoms with van der Waals surface area (Å²) >= 11 is 0. The fraction of sp³-hybridized carbons (Fsp3) is 0.500. The molecule has 138 valence electrons. The minimum absolute atomic E-state index is 0.321. The maximum Gasteiger partial charge on any atom is 0.242 e. The van der Waals surface area contributed by atoms with Crippen LogP contribution in [-0.2, 0) is 11.3 Å². The monoisotopic (exact) mass is 352 g/mol. The Bertz CT molecular complexity index is 813. The largest absolute Gasteiger partial charge is 0.496 e. The summed E-state index contributed by atoms with van der Waals surface area (Å²) in [6.45, 7) is 5.76. The molecular formula is C22H28N2O2. The van der Waals surface area contributed by atoms with Crippen LogP contribution in [-0.4, -0.2) is 48.0 Å². The Balaban J connectivity index is 1.58. The van der Waals surface area contributed by atoms with E-state index in [9.17, 15) is 4.79 Å². The van der Waals surface area contributed by atoms with Crippen LogP contribution in [0.2, 0.25) is 0 Å². The highest BCUT2D eigenvalue weighted by molar-refractivity contribution is 5.91. The molecule has 26 heavy (non-hydrogen) atoms. The third kappa shape index (κ3) is 2.86. The van der Waals surface area contributed by atoms with Crippen molar-refractivity contribution in [1.29, 1.82) is 0 Å². The van der Waals surface area contributed by atoms with Crippen molar-refractivity contribution in [3.63, 3.8) is 0 Å². The Labute approximate surface area is 155 Å². The molecule has 0 aliphatic carbocycles. The van der Waals surface area contributed by atoms with E-state index in [2.05, 4.69) is 41.0 Å². The van der Waals surface area contributed by atoms with Gasteiger partial charge in [0.25, 0.3) is 0 Å². The van der Waals surface area contributed by atoms with Crippen molar-refractivity contribution >= 4 is 16.7 Å². The van der Waals surface area contributed by atoms with Gasteiger partial charge in [-0.2, -0.15) is 0 Å². The van der Waals surface area contributed by atoms with E-state index in [4.69, 9.17) is 4.74 Å². The molecule has 2 aliphatic rings. The first-order chi connectivity index (χ1) is 12.6. The van der Waals surface area contributed by atoms with E-state index in [0.717, 1.165) is 56.6 Å². The standard InChI is InChI=1S/C22H28N2O2/c1-22(21(25)23-13-6-3-7-14-23)12-15-24(22)16-17-10-11-20(26-2)19-9-5-4-8-18(17)19/h4-5,8-11H,3,6-7,12-16H2,1-2H3. The predicted molar refractivity (Wildman–Crippen MR) is 104 cm³/mol. The van der Waals surface area contributed by atoms with E-state index >= 15 is 0 Å². The van der Waals surface area contributed by atoms with Gasteiger partial charge < -0.3 is 9.64 Å². The van der Waals surface area contributed by atoms with Crippen molar-refractivity contribution < 1.29 is 9.53 Å². The molecule has 2 saturated heterocycles. The zero-order chi connectivity index (χ0) is 18.1. The number of likely N-dealkylation sites (tertiary alicyclic amines) is 2. The van der Waals surface area contributed by atoms with E-state index in [-0.39, 0.29) is 5.54 Å². The van der Waals surface area contributed by atoms with E-state index in [1.54, 1.807) is 7.11 Å². The molecule has 4 nitrogen and oxygen atoms in total. The average Bonchev–Trinajstić information content (AvgIpc) is 2.70. The summed E-state index contributed by atoms with van der Waals surface area (Å²) in [5.74, 6) is 1.22. The molecule has 4 rings (SSSR count). The molecule has 2 aliphatic heterocycles. The fourth-order valence-corrected chi connectivity index (χ4v) is 4.39. The van der Waals surface area contributed by atoms with E-state index in [1.807, 2.05) is 12.1 Å². The quantitative estimate of drug-likeness (QED) is 0.838. The van der Waals surface area contributed by atoms with E-state index < -0.39 is 0 Å². The van der Waals surface area contributed by atoms with E-state index in [1.165, 1.54) is 17.4 Å². The van der Waals surface area contributed by atoms with Crippen LogP contribution in [0.25, 0.3) is 10.8 Å². The number of piperidine rings is 1. The van der Waals surface area contributed by atoms with Gasteiger partial charge in [0, 0.05) is 31.6 Å². The number of amides is 1. The number of ether oxygens (including phenoxy) is 1. The highest BCUT2D eigenvalue weighted by atomic mass is 16.5. The molecule has 2 aromatic carbocycles. The highest BCUT2D eigenvalue weighted by Gasteiger charge is 2.48. The molecule has 0 aromatic heterocycles. The molecule has 0 N–H and O–H groups in total. The number of nitrogens with zero attached hydrogens (tertiary/aromatic N) is 2. The number of hydrogen-bond acceptors (Lipinski definition) is 3. The first-order valence-corrected chi connectivity index (χ1v) is 9.72. The SMILES string of the molecule is COc1ccc(CN2CCC2(C)C(=O)N2CCCCC2)c2ccccc12. The van der Waals surface area contributed by atoms with Crippen molar-refractivity contribution in [1.82, 2.24) is 9.80 Å². The van der Waals surface area contributed by atoms with Gasteiger partial charge in [-0.1, -0.05) is 30.3 Å². The van der Waals surface area contributed by atoms with Crippen LogP contribution < -0.4 is 4.74 Å². The zero-order valence-electron chi connectivity index (χ0n) is 15.8. The minimum Gasteiger partial charge on any atom is -0.496 e. The van der Waals surface area contributed by atoms with Gasteiger partial charge in [-0.15, -0.1) is 0 Å². The minimum atomic E-state index is -0.349. The van der Waals surface area contributed by atoms with E-state index in [0.29, 0.717) is 5.91 Å². The first kappa shape index (κ1) is 17.3. The van der Waals surface area contributed by atoms with Gasteiger partial charge in [0.05, 0.1) is 12.6 Å². The lowest BCUT2D eigenvalue weighted by Gasteiger charge is -2.51. The molecule has 0 bridgehead atoms. The number of benzene rings is 2. The molecule has 1 atom stereocenters. The highest BCUT2D eigenvalue weighted by Crippen LogP contribution is 2.37. The van der Waals surface area contributed by atoms with Crippen LogP contribution in [0.4, 0.5) is 0 Å². The van der Waals surface area contributed by atoms with Crippen molar-refractivity contribution in [2.24, 2.45) is 0 Å². The topological polar surface area (TPSA) is 32.8 Å². The van der Waals surface area contributed by atoms with Crippen LogP contribution in [0.3, 0.4) is 0 Å². The Hall–Kier alpha value is -2.07. The lowest BCUT2D eigenvalue weighted by molar-refractivity contribution is -0.154. The molecular weight excluding hydrogens is 324 g/mol. The zero-order valence-corrected chi connectivity index (χ0v) is 15.8. The smallest absolute Gasteiger partial charge is 0.242 e. The summed E-state index contributed by atoms with van der Waals surface area (Å²) < 4.78 is 5.51. The predicted octanol–water partition coefficient (Wildman–Crippen LogP) is 3.83. The summed E-state index contributed by atoms with van der Waals surface area (Å²) in [4.78, 5) is 17.6. The molecule has 1 unspecified atom stereocenters. The molecule has 2 aromatic rings. The number of carbonyl (C=O) groups is 1. The molecule has 1 amide bonds. The van der Waals surface area contributed by atoms with Crippen LogP contribution in [0, 0.1) is 0 Å². The van der Waals surface area contributed by atoms with Crippen LogP contribution in [0.15, 0.2) is 36.4 Å². The molecule has 2 heterocycles. The summed E-state index contributed by atoms with van der Waals surface area (Å²) in [5, 5.41) is 2.35. The Morgan fingerprint density at radius 1 is 1.04 bits per heavy atom. The fourth-order valence-electron chi connectivity index (χ4n) is 4.39. The summed E-state index contributed by atoms with van der Waals surface area (Å²) in [6, 6.07) is 12.6. The molecule has 0 spiro atoms. The molecule has 4 heteroatoms. The van der Waals surface area contributed by atoms with Gasteiger partial charge in [0.1, 0.15) is 5.75 Å². The number of carbonyl (C=O) groups excluding carboxylic acids is 1. The normalized spacial score (nSPS) is 23.7. The second kappa shape index (κ2) is 6.92. The average molecular weight is 352 g/mol. The van der Waals surface area contributed by atoms with Gasteiger partial charge in [-0.25, -0.2) is 0 Å². The van der Waals surface area contributed by atoms with Gasteiger partial charge in [-0.05, 0) is 49.6 Å². The number of hydrogen-bond donors (Lipinski definition) is 0. The second-order valence-electron chi connectivity index (χ2n) is 7.77. The van der Waals surface area contributed by atoms with Crippen LogP contribution in [0.1, 0.15) is 38.2 Å². The van der Waals surface area contributed by atoms with Crippen molar-refractivity contribution in [3.05, 3.63) is 42.0 Å². The molecule has 0 radical (unpaired) electrons. The van der Waals surface area contributed by atoms with Gasteiger partial charge >= 0.3 is 0 Å². The molecule has 0 saturated carbocycles. The summed E-state index contributed by atoms with van der Waals surface area (Å²) in [5.41, 5.74) is 0.914. The lowest BCUT2D eigenvalue weighted by atomic mass is 9.83. The maximum atomic E-state index is 13.1. The van der Waals surface area contributed by atoms with Gasteiger partial charge in [0.15, 0.2) is 0 Å². The number of fused-ring (bicyclic) bond motifs is 1. The van der Waals surface area contributed by atoms with Gasteiger partial charge in [0.2, 0.25) is 5.91 Å². The van der Waals surface area contributed by atoms with Crippen LogP contribution in [0.5, 0.6) is 5.75 Å². The Morgan fingerprint density at radius 3 is 2.42 bits per heavy atom. The Morgan fingerprint density at radius 2 is 1.77 bits per heavy atom. The third-order valence-electron chi connectivity index (χ3n) is 6.23. The van der Waals surface area contributed by atoms with Crippen LogP contribution >= 0.6 is 0 Å². The van der Waals surface area contributed by atoms with Gasteiger partial charge in [-0.3, -0.25) is 9.69 Å². The second-order valence-corrected chi connectivity index (χ2v) is 7.77. The van der Waals surface area contributed by atoms with Crippen molar-refractivity contribution in [2.75, 3.05) is 26.7 Å². The summed E-state index contributed by atoms with van der Waals surface area (Å²) in [7, 11) is 1.71. The summed E-state index contributed by atoms with van der Waals surface area (Å²) in [6.07, 6.45) is 4.49. The first-order valence-electron chi connectivity index (χ1n) is 9.72. The maximum absolute atomic E-state index is 13.1. The lowest BCUT2D eigenvalue weighted by Crippen LogP contribution is -2.66. The number of rotatable bonds is 4. The third-order valence-corrected chi connectivity index (χ3v) is 6.23. The molecule has 2 fully saturated rings. The van der Waals surface area contributed by atoms with Crippen molar-refractivity contribution in [2.45, 2.75) is 44.7 Å². The number of methoxy groups -OCH3 is 1.